The monoisotopic (exact) mass is 521 g/mol. The Bertz CT molecular complexity index is 1470. The molecule has 0 unspecified atom stereocenters. The summed E-state index contributed by atoms with van der Waals surface area (Å²) in [5.74, 6) is -1.20. The highest BCUT2D eigenvalue weighted by atomic mass is 16.4. The molecule has 0 aliphatic heterocycles. The molecule has 2 N–H and O–H groups in total. The number of nitrogens with zero attached hydrogens (tertiary/aromatic N) is 2. The van der Waals surface area contributed by atoms with Crippen molar-refractivity contribution in [1.29, 1.82) is 0 Å². The largest absolute Gasteiger partial charge is 0.480 e. The van der Waals surface area contributed by atoms with Gasteiger partial charge in [-0.2, -0.15) is 0 Å². The summed E-state index contributed by atoms with van der Waals surface area (Å²) in [7, 11) is 0. The Kier molecular flexibility index (Phi) is 8.00. The van der Waals surface area contributed by atoms with Crippen LogP contribution in [0.5, 0.6) is 0 Å². The number of ketones is 1. The van der Waals surface area contributed by atoms with Gasteiger partial charge in [0.1, 0.15) is 6.04 Å². The predicted molar refractivity (Wildman–Crippen MR) is 151 cm³/mol. The summed E-state index contributed by atoms with van der Waals surface area (Å²) < 4.78 is 0. The maximum absolute atomic E-state index is 12.6. The van der Waals surface area contributed by atoms with E-state index in [0.29, 0.717) is 11.4 Å². The topological polar surface area (TPSA) is 109 Å². The second-order valence-electron chi connectivity index (χ2n) is 10.5. The average Bonchev–Trinajstić information content (AvgIpc) is 2.92. The van der Waals surface area contributed by atoms with Crippen molar-refractivity contribution in [2.24, 2.45) is 0 Å². The summed E-state index contributed by atoms with van der Waals surface area (Å²) in [6, 6.07) is 20.7. The fourth-order valence-electron chi connectivity index (χ4n) is 4.11. The molecule has 0 spiro atoms. The van der Waals surface area contributed by atoms with E-state index in [9.17, 15) is 19.5 Å². The quantitative estimate of drug-likeness (QED) is 0.286. The third-order valence-corrected chi connectivity index (χ3v) is 6.55. The second-order valence-corrected chi connectivity index (χ2v) is 10.5. The lowest BCUT2D eigenvalue weighted by Crippen LogP contribution is -2.42. The summed E-state index contributed by atoms with van der Waals surface area (Å²) in [5.41, 5.74) is 5.63. The highest BCUT2D eigenvalue weighted by molar-refractivity contribution is 5.99. The predicted octanol–water partition coefficient (Wildman–Crippen LogP) is 5.74. The van der Waals surface area contributed by atoms with Crippen molar-refractivity contribution in [2.45, 2.75) is 45.6 Å². The smallest absolute Gasteiger partial charge is 0.326 e. The van der Waals surface area contributed by atoms with Gasteiger partial charge < -0.3 is 10.4 Å². The van der Waals surface area contributed by atoms with Crippen LogP contribution >= 0.6 is 0 Å². The molecule has 0 saturated heterocycles. The number of Topliss-reactive ketones (excluding diaryl/α,β-unsaturated/α-hetero) is 1. The van der Waals surface area contributed by atoms with E-state index in [4.69, 9.17) is 0 Å². The van der Waals surface area contributed by atoms with E-state index >= 15 is 0 Å². The Morgan fingerprint density at radius 1 is 0.769 bits per heavy atom. The molecule has 3 aromatic carbocycles. The average molecular weight is 522 g/mol. The molecule has 0 bridgehead atoms. The molecule has 0 aliphatic rings. The lowest BCUT2D eigenvalue weighted by Gasteiger charge is -2.19. The number of carbonyl (C=O) groups excluding carboxylic acids is 2. The number of aliphatic carboxylic acids is 1. The Morgan fingerprint density at radius 3 is 1.82 bits per heavy atom. The van der Waals surface area contributed by atoms with Crippen LogP contribution in [0.1, 0.15) is 59.5 Å². The number of amides is 1. The van der Waals surface area contributed by atoms with Gasteiger partial charge in [-0.3, -0.25) is 9.59 Å². The molecule has 39 heavy (non-hydrogen) atoms. The Morgan fingerprint density at radius 2 is 1.31 bits per heavy atom. The summed E-state index contributed by atoms with van der Waals surface area (Å²) in [6.07, 6.45) is 3.69. The first-order valence-electron chi connectivity index (χ1n) is 12.7. The summed E-state index contributed by atoms with van der Waals surface area (Å²) in [4.78, 5) is 44.9. The van der Waals surface area contributed by atoms with Crippen molar-refractivity contribution < 1.29 is 19.5 Å². The van der Waals surface area contributed by atoms with Crippen LogP contribution in [0.15, 0.2) is 85.2 Å². The van der Waals surface area contributed by atoms with Gasteiger partial charge >= 0.3 is 5.97 Å². The SMILES string of the molecule is CC(=O)c1ccc(C(=O)N[C@@H](Cc2ccc(-c3ncc(-c4ccc(C(C)(C)C)cc4)cn3)cc2)C(=O)O)cc1. The van der Waals surface area contributed by atoms with Crippen molar-refractivity contribution in [3.63, 3.8) is 0 Å². The first-order valence-corrected chi connectivity index (χ1v) is 12.7. The fraction of sp³-hybridized carbons (Fsp3) is 0.219. The van der Waals surface area contributed by atoms with Crippen molar-refractivity contribution in [2.75, 3.05) is 0 Å². The van der Waals surface area contributed by atoms with Gasteiger partial charge in [-0.05, 0) is 41.2 Å². The summed E-state index contributed by atoms with van der Waals surface area (Å²) in [6.45, 7) is 7.98. The van der Waals surface area contributed by atoms with Crippen molar-refractivity contribution in [3.8, 4) is 22.5 Å². The van der Waals surface area contributed by atoms with Gasteiger partial charge in [0.25, 0.3) is 5.91 Å². The summed E-state index contributed by atoms with van der Waals surface area (Å²) in [5, 5.41) is 12.2. The third kappa shape index (κ3) is 6.82. The maximum Gasteiger partial charge on any atom is 0.326 e. The van der Waals surface area contributed by atoms with Gasteiger partial charge in [0.2, 0.25) is 0 Å². The molecule has 1 atom stereocenters. The molecule has 7 nitrogen and oxygen atoms in total. The van der Waals surface area contributed by atoms with Crippen LogP contribution in [0.25, 0.3) is 22.5 Å². The highest BCUT2D eigenvalue weighted by Crippen LogP contribution is 2.26. The third-order valence-electron chi connectivity index (χ3n) is 6.55. The number of hydrogen-bond donors (Lipinski definition) is 2. The first-order chi connectivity index (χ1) is 18.5. The number of nitrogens with one attached hydrogen (secondary N) is 1. The number of carboxylic acid groups (broad SMARTS) is 1. The minimum atomic E-state index is -1.14. The molecular weight excluding hydrogens is 490 g/mol. The number of benzene rings is 3. The molecule has 4 aromatic rings. The number of carboxylic acids is 1. The molecule has 0 saturated carbocycles. The van der Waals surface area contributed by atoms with Crippen LogP contribution < -0.4 is 5.32 Å². The van der Waals surface area contributed by atoms with Crippen LogP contribution in [-0.4, -0.2) is 38.8 Å². The highest BCUT2D eigenvalue weighted by Gasteiger charge is 2.21. The van der Waals surface area contributed by atoms with E-state index in [-0.39, 0.29) is 23.2 Å². The fourth-order valence-corrected chi connectivity index (χ4v) is 4.11. The van der Waals surface area contributed by atoms with Gasteiger partial charge in [0.05, 0.1) is 0 Å². The number of carbonyl (C=O) groups is 3. The van der Waals surface area contributed by atoms with E-state index in [1.54, 1.807) is 24.5 Å². The molecular formula is C32H31N3O4. The van der Waals surface area contributed by atoms with Gasteiger partial charge in [-0.25, -0.2) is 14.8 Å². The molecule has 0 aliphatic carbocycles. The maximum atomic E-state index is 12.6. The van der Waals surface area contributed by atoms with Gasteiger partial charge in [0, 0.05) is 41.1 Å². The molecule has 1 amide bonds. The molecule has 0 fully saturated rings. The van der Waals surface area contributed by atoms with Gasteiger partial charge in [-0.15, -0.1) is 0 Å². The number of aromatic nitrogens is 2. The first kappa shape index (κ1) is 27.4. The standard InChI is InChI=1S/C32H31N3O4/c1-20(36)22-9-11-25(12-10-22)30(37)35-28(31(38)39)17-21-5-7-24(8-6-21)29-33-18-26(19-34-29)23-13-15-27(16-14-23)32(2,3)4/h5-16,18-19,28H,17H2,1-4H3,(H,35,37)(H,38,39)/t28-/m0/s1. The number of hydrogen-bond acceptors (Lipinski definition) is 5. The molecule has 7 heteroatoms. The number of rotatable bonds is 8. The molecule has 0 radical (unpaired) electrons. The summed E-state index contributed by atoms with van der Waals surface area (Å²) >= 11 is 0. The zero-order chi connectivity index (χ0) is 28.2. The molecule has 1 aromatic heterocycles. The molecule has 4 rings (SSSR count). The minimum Gasteiger partial charge on any atom is -0.480 e. The van der Waals surface area contributed by atoms with Crippen LogP contribution in [0.3, 0.4) is 0 Å². The van der Waals surface area contributed by atoms with E-state index < -0.39 is 17.9 Å². The lowest BCUT2D eigenvalue weighted by atomic mass is 9.86. The Hall–Kier alpha value is -4.65. The van der Waals surface area contributed by atoms with Crippen LogP contribution in [-0.2, 0) is 16.6 Å². The zero-order valence-electron chi connectivity index (χ0n) is 22.4. The Balaban J connectivity index is 1.41. The van der Waals surface area contributed by atoms with Crippen LogP contribution in [0, 0.1) is 0 Å². The van der Waals surface area contributed by atoms with Crippen molar-refractivity contribution in [3.05, 3.63) is 107 Å². The van der Waals surface area contributed by atoms with E-state index in [1.165, 1.54) is 24.6 Å². The van der Waals surface area contributed by atoms with Gasteiger partial charge in [-0.1, -0.05) is 81.4 Å². The lowest BCUT2D eigenvalue weighted by molar-refractivity contribution is -0.139. The second kappa shape index (κ2) is 11.4. The van der Waals surface area contributed by atoms with Crippen LogP contribution in [0.2, 0.25) is 0 Å². The normalized spacial score (nSPS) is 12.0. The zero-order valence-corrected chi connectivity index (χ0v) is 22.4. The van der Waals surface area contributed by atoms with E-state index in [1.807, 2.05) is 24.3 Å². The van der Waals surface area contributed by atoms with Crippen LogP contribution in [0.4, 0.5) is 0 Å². The van der Waals surface area contributed by atoms with Crippen molar-refractivity contribution >= 4 is 17.7 Å². The van der Waals surface area contributed by atoms with E-state index in [0.717, 1.165) is 22.3 Å². The molecule has 1 heterocycles. The van der Waals surface area contributed by atoms with E-state index in [2.05, 4.69) is 60.3 Å². The van der Waals surface area contributed by atoms with Crippen molar-refractivity contribution in [1.82, 2.24) is 15.3 Å². The molecule has 198 valence electrons. The minimum absolute atomic E-state index is 0.0878. The Labute approximate surface area is 228 Å². The van der Waals surface area contributed by atoms with Gasteiger partial charge in [0.15, 0.2) is 11.6 Å².